The van der Waals surface area contributed by atoms with Gasteiger partial charge in [-0.2, -0.15) is 12.6 Å². The predicted molar refractivity (Wildman–Crippen MR) is 37.3 cm³/mol. The van der Waals surface area contributed by atoms with Gasteiger partial charge in [0.1, 0.15) is 0 Å². The second-order valence-electron chi connectivity index (χ2n) is 1.08. The van der Waals surface area contributed by atoms with Crippen LogP contribution in [-0.2, 0) is 0 Å². The molecular formula is C4H12PbS. The molecule has 2 heteroatoms. The first-order chi connectivity index (χ1) is 2.41. The fourth-order valence-electron chi connectivity index (χ4n) is 0.158. The Labute approximate surface area is 65.3 Å². The van der Waals surface area contributed by atoms with Gasteiger partial charge in [0.15, 0.2) is 0 Å². The average Bonchev–Trinajstić information content (AvgIpc) is 1.41. The maximum absolute atomic E-state index is 4.00. The molecule has 0 N–H and O–H groups in total. The van der Waals surface area contributed by atoms with E-state index in [9.17, 15) is 0 Å². The average molecular weight is 299 g/mol. The van der Waals surface area contributed by atoms with E-state index in [0.29, 0.717) is 0 Å². The first-order valence-corrected chi connectivity index (χ1v) is 2.66. The summed E-state index contributed by atoms with van der Waals surface area (Å²) in [5.74, 6) is 1.04. The molecule has 0 atom stereocenters. The second kappa shape index (κ2) is 9.55. The van der Waals surface area contributed by atoms with E-state index in [4.69, 9.17) is 0 Å². The molecule has 0 aromatic rings. The Morgan fingerprint density at radius 1 is 1.50 bits per heavy atom. The van der Waals surface area contributed by atoms with Gasteiger partial charge < -0.3 is 0 Å². The number of hydrogen-bond acceptors (Lipinski definition) is 1. The molecule has 0 spiro atoms. The molecule has 6 heavy (non-hydrogen) atoms. The van der Waals surface area contributed by atoms with Gasteiger partial charge in [0, 0.05) is 0 Å². The number of unbranched alkanes of at least 4 members (excludes halogenated alkanes) is 1. The summed E-state index contributed by atoms with van der Waals surface area (Å²) in [4.78, 5) is 0. The topological polar surface area (TPSA) is 0 Å². The Kier molecular flexibility index (Phi) is 16.4. The van der Waals surface area contributed by atoms with Crippen molar-refractivity contribution in [1.29, 1.82) is 0 Å². The van der Waals surface area contributed by atoms with Crippen LogP contribution in [0.1, 0.15) is 19.8 Å². The summed E-state index contributed by atoms with van der Waals surface area (Å²) < 4.78 is 0. The molecule has 0 rings (SSSR count). The maximum atomic E-state index is 4.00. The van der Waals surface area contributed by atoms with Crippen LogP contribution in [0.5, 0.6) is 0 Å². The van der Waals surface area contributed by atoms with E-state index in [1.807, 2.05) is 0 Å². The minimum atomic E-state index is 0. The predicted octanol–water partition coefficient (Wildman–Crippen LogP) is 0.800. The Hall–Kier alpha value is 1.27. The van der Waals surface area contributed by atoms with Crippen molar-refractivity contribution in [2.75, 3.05) is 5.75 Å². The van der Waals surface area contributed by atoms with Crippen molar-refractivity contribution in [2.45, 2.75) is 19.8 Å². The number of hydrogen-bond donors (Lipinski definition) is 1. The van der Waals surface area contributed by atoms with Gasteiger partial charge in [0.05, 0.1) is 0 Å². The molecule has 0 nitrogen and oxygen atoms in total. The van der Waals surface area contributed by atoms with Gasteiger partial charge >= 0.3 is 27.3 Å². The molecular weight excluding hydrogens is 287 g/mol. The Morgan fingerprint density at radius 2 is 2.00 bits per heavy atom. The van der Waals surface area contributed by atoms with Crippen LogP contribution >= 0.6 is 12.6 Å². The zero-order valence-electron chi connectivity index (χ0n) is 4.28. The molecule has 0 heterocycles. The molecule has 0 bridgehead atoms. The van der Waals surface area contributed by atoms with E-state index in [1.165, 1.54) is 12.8 Å². The summed E-state index contributed by atoms with van der Waals surface area (Å²) in [5.41, 5.74) is 0. The van der Waals surface area contributed by atoms with Gasteiger partial charge in [-0.1, -0.05) is 13.3 Å². The third kappa shape index (κ3) is 8.99. The monoisotopic (exact) mass is 300 g/mol. The van der Waals surface area contributed by atoms with E-state index < -0.39 is 0 Å². The van der Waals surface area contributed by atoms with Gasteiger partial charge in [-0.3, -0.25) is 0 Å². The summed E-state index contributed by atoms with van der Waals surface area (Å²) in [6.45, 7) is 2.16. The number of thiol groups is 1. The van der Waals surface area contributed by atoms with Gasteiger partial charge in [-0.15, -0.1) is 0 Å². The standard InChI is InChI=1S/C4H10S.Pb.2H/c1-2-3-4-5;;;/h5H,2-4H2,1H3;;;. The molecule has 0 saturated carbocycles. The molecule has 38 valence electrons. The molecule has 0 aliphatic rings. The molecule has 0 aliphatic carbocycles. The molecule has 0 aliphatic heterocycles. The van der Waals surface area contributed by atoms with Gasteiger partial charge in [-0.05, 0) is 12.2 Å². The molecule has 0 aromatic carbocycles. The summed E-state index contributed by atoms with van der Waals surface area (Å²) in [6, 6.07) is 0. The van der Waals surface area contributed by atoms with E-state index in [-0.39, 0.29) is 27.3 Å². The minimum absolute atomic E-state index is 0. The summed E-state index contributed by atoms with van der Waals surface area (Å²) >= 11 is 4.00. The molecule has 0 amide bonds. The molecule has 0 fully saturated rings. The third-order valence-corrected chi connectivity index (χ3v) is 0.828. The van der Waals surface area contributed by atoms with E-state index in [0.717, 1.165) is 5.75 Å². The first kappa shape index (κ1) is 10.3. The summed E-state index contributed by atoms with van der Waals surface area (Å²) in [5, 5.41) is 0. The zero-order valence-corrected chi connectivity index (χ0v) is 10.7. The van der Waals surface area contributed by atoms with Crippen LogP contribution in [0, 0.1) is 0 Å². The fourth-order valence-corrected chi connectivity index (χ4v) is 0.474. The normalized spacial score (nSPS) is 7.00. The Morgan fingerprint density at radius 3 is 2.00 bits per heavy atom. The van der Waals surface area contributed by atoms with Crippen LogP contribution in [0.3, 0.4) is 0 Å². The quantitative estimate of drug-likeness (QED) is 0.566. The van der Waals surface area contributed by atoms with Crippen LogP contribution in [0.2, 0.25) is 0 Å². The van der Waals surface area contributed by atoms with Crippen molar-refractivity contribution in [3.05, 3.63) is 0 Å². The Bertz CT molecular complexity index is 15.0. The van der Waals surface area contributed by atoms with Crippen molar-refractivity contribution in [2.24, 2.45) is 0 Å². The van der Waals surface area contributed by atoms with E-state index in [1.54, 1.807) is 0 Å². The molecule has 0 unspecified atom stereocenters. The van der Waals surface area contributed by atoms with Gasteiger partial charge in [0.2, 0.25) is 0 Å². The van der Waals surface area contributed by atoms with Gasteiger partial charge in [-0.25, -0.2) is 0 Å². The van der Waals surface area contributed by atoms with Crippen molar-refractivity contribution >= 4 is 39.9 Å². The first-order valence-electron chi connectivity index (χ1n) is 2.02. The van der Waals surface area contributed by atoms with Crippen LogP contribution in [0.25, 0.3) is 0 Å². The summed E-state index contributed by atoms with van der Waals surface area (Å²) in [6.07, 6.45) is 2.52. The van der Waals surface area contributed by atoms with Crippen LogP contribution in [0.15, 0.2) is 0 Å². The van der Waals surface area contributed by atoms with Crippen molar-refractivity contribution < 1.29 is 0 Å². The van der Waals surface area contributed by atoms with Crippen LogP contribution in [0.4, 0.5) is 0 Å². The summed E-state index contributed by atoms with van der Waals surface area (Å²) in [7, 11) is 0. The number of rotatable bonds is 2. The SMILES string of the molecule is CCCCS.[PbH2]. The second-order valence-corrected chi connectivity index (χ2v) is 1.52. The molecule has 0 aromatic heterocycles. The fraction of sp³-hybridized carbons (Fsp3) is 1.00. The van der Waals surface area contributed by atoms with E-state index in [2.05, 4.69) is 19.6 Å². The van der Waals surface area contributed by atoms with Crippen molar-refractivity contribution in [3.8, 4) is 0 Å². The Balaban J connectivity index is 0. The van der Waals surface area contributed by atoms with E-state index >= 15 is 0 Å². The third-order valence-electron chi connectivity index (χ3n) is 0.512. The van der Waals surface area contributed by atoms with Crippen molar-refractivity contribution in [1.82, 2.24) is 0 Å². The molecule has 0 saturated heterocycles. The zero-order chi connectivity index (χ0) is 4.12. The van der Waals surface area contributed by atoms with Crippen LogP contribution in [-0.4, -0.2) is 33.1 Å². The van der Waals surface area contributed by atoms with Gasteiger partial charge in [0.25, 0.3) is 0 Å². The van der Waals surface area contributed by atoms with Crippen molar-refractivity contribution in [3.63, 3.8) is 0 Å². The van der Waals surface area contributed by atoms with Crippen LogP contribution < -0.4 is 0 Å². The molecule has 2 radical (unpaired) electrons.